The summed E-state index contributed by atoms with van der Waals surface area (Å²) < 4.78 is 27.6. The van der Waals surface area contributed by atoms with Crippen molar-refractivity contribution in [2.45, 2.75) is 0 Å². The van der Waals surface area contributed by atoms with E-state index in [1.54, 1.807) is 0 Å². The molecule has 8 nitrogen and oxygen atoms in total. The molecule has 0 saturated heterocycles. The lowest BCUT2D eigenvalue weighted by Crippen LogP contribution is -2.09. The minimum absolute atomic E-state index is 0.591. The van der Waals surface area contributed by atoms with Crippen molar-refractivity contribution in [3.05, 3.63) is 267 Å². The molecule has 0 saturated carbocycles. The average molecular weight is 1090 g/mol. The molecule has 0 aliphatic rings. The van der Waals surface area contributed by atoms with Crippen LogP contribution in [0, 0.1) is 0 Å². The molecule has 0 N–H and O–H groups in total. The highest BCUT2D eigenvalue weighted by molar-refractivity contribution is 7.25. The largest absolute Gasteiger partial charge is 0.456 e. The summed E-state index contributed by atoms with van der Waals surface area (Å²) >= 11 is 1.83. The van der Waals surface area contributed by atoms with E-state index in [-0.39, 0.29) is 0 Å². The third-order valence-electron chi connectivity index (χ3n) is 16.0. The highest BCUT2D eigenvalue weighted by Crippen LogP contribution is 2.44. The van der Waals surface area contributed by atoms with Gasteiger partial charge >= 0.3 is 0 Å². The molecule has 9 heteroatoms. The zero-order chi connectivity index (χ0) is 54.5. The number of rotatable bonds is 10. The van der Waals surface area contributed by atoms with Gasteiger partial charge in [-0.15, -0.1) is 11.3 Å². The molecule has 17 rings (SSSR count). The van der Waals surface area contributed by atoms with Crippen LogP contribution in [0.4, 0.5) is 34.1 Å². The van der Waals surface area contributed by atoms with Crippen molar-refractivity contribution in [1.82, 2.24) is 9.97 Å². The zero-order valence-electron chi connectivity index (χ0n) is 44.2. The number of hydrogen-bond donors (Lipinski definition) is 0. The third-order valence-corrected chi connectivity index (χ3v) is 17.1. The molecule has 0 bridgehead atoms. The van der Waals surface area contributed by atoms with Crippen molar-refractivity contribution in [1.29, 1.82) is 0 Å². The molecule has 17 aromatic rings. The molecule has 0 atom stereocenters. The molecule has 0 amide bonds. The van der Waals surface area contributed by atoms with E-state index < -0.39 is 0 Å². The zero-order valence-corrected chi connectivity index (χ0v) is 45.1. The first-order valence-electron chi connectivity index (χ1n) is 27.6. The standard InChI is InChI=1S/C74H44N4O4S/c1-5-13-65-57(9-1)59-37-35-55(43-69(59)79-65)77(53-31-21-47(22-32-53)73-75-63-11-3-7-15-67(63)81-73)51-27-17-45(18-28-51)49-25-39-71-61(41-49)62-42-50(26-40-72(62)83-71)46-19-29-52(30-20-46)78(56-36-38-60-58-10-2-6-14-66(58)80-70(60)44-56)54-33-23-48(24-34-54)74-76-64-12-4-8-16-68(64)82-74/h1-44H. The van der Waals surface area contributed by atoms with E-state index in [2.05, 4.69) is 204 Å². The predicted octanol–water partition coefficient (Wildman–Crippen LogP) is 21.7. The van der Waals surface area contributed by atoms with Crippen LogP contribution in [0.2, 0.25) is 0 Å². The summed E-state index contributed by atoms with van der Waals surface area (Å²) in [7, 11) is 0. The first-order chi connectivity index (χ1) is 41.0. The van der Waals surface area contributed by atoms with E-state index in [4.69, 9.17) is 27.6 Å². The molecular weight excluding hydrogens is 1040 g/mol. The number of nitrogens with zero attached hydrogens (tertiary/aromatic N) is 4. The summed E-state index contributed by atoms with van der Waals surface area (Å²) in [5, 5.41) is 6.84. The third kappa shape index (κ3) is 8.04. The summed E-state index contributed by atoms with van der Waals surface area (Å²) in [5.74, 6) is 1.18. The maximum absolute atomic E-state index is 6.42. The summed E-state index contributed by atoms with van der Waals surface area (Å²) in [5.41, 5.74) is 19.0. The Morgan fingerprint density at radius 1 is 0.241 bits per heavy atom. The van der Waals surface area contributed by atoms with Crippen LogP contribution < -0.4 is 9.80 Å². The van der Waals surface area contributed by atoms with Gasteiger partial charge < -0.3 is 27.5 Å². The van der Waals surface area contributed by atoms with Crippen LogP contribution in [-0.2, 0) is 0 Å². The van der Waals surface area contributed by atoms with E-state index in [0.717, 1.165) is 134 Å². The van der Waals surface area contributed by atoms with Crippen LogP contribution >= 0.6 is 11.3 Å². The Kier molecular flexibility index (Phi) is 10.6. The fraction of sp³-hybridized carbons (Fsp3) is 0. The Morgan fingerprint density at radius 3 is 0.988 bits per heavy atom. The summed E-state index contributed by atoms with van der Waals surface area (Å²) in [6.07, 6.45) is 0. The van der Waals surface area contributed by atoms with Crippen molar-refractivity contribution < 1.29 is 17.7 Å². The lowest BCUT2D eigenvalue weighted by Gasteiger charge is -2.26. The van der Waals surface area contributed by atoms with E-state index >= 15 is 0 Å². The Morgan fingerprint density at radius 2 is 0.578 bits per heavy atom. The maximum atomic E-state index is 6.42. The smallest absolute Gasteiger partial charge is 0.227 e. The van der Waals surface area contributed by atoms with E-state index in [1.807, 2.05) is 84.1 Å². The number of furan rings is 2. The molecule has 12 aromatic carbocycles. The fourth-order valence-electron chi connectivity index (χ4n) is 11.8. The number of thiophene rings is 1. The van der Waals surface area contributed by atoms with E-state index in [1.165, 1.54) is 20.2 Å². The molecule has 5 heterocycles. The minimum atomic E-state index is 0.591. The van der Waals surface area contributed by atoms with Crippen LogP contribution in [0.5, 0.6) is 0 Å². The van der Waals surface area contributed by atoms with Gasteiger partial charge in [-0.05, 0) is 180 Å². The number of para-hydroxylation sites is 6. The second-order valence-corrected chi connectivity index (χ2v) is 22.0. The molecule has 0 aliphatic heterocycles. The SMILES string of the molecule is c1ccc2oc(-c3ccc(N(c4ccc(-c5ccc6sc7ccc(-c8ccc(N(c9ccc(-c%10nc%11ccccc%11o%10)cc9)c9ccc%10c(c9)oc9ccccc9%10)cc8)cc7c6c5)cc4)c4ccc5c(c4)oc4ccccc45)cc3)nc2c1. The highest BCUT2D eigenvalue weighted by atomic mass is 32.1. The van der Waals surface area contributed by atoms with Gasteiger partial charge in [0, 0.05) is 99.1 Å². The Hall–Kier alpha value is -11.0. The van der Waals surface area contributed by atoms with Crippen LogP contribution in [0.1, 0.15) is 0 Å². The topological polar surface area (TPSA) is 84.8 Å². The summed E-state index contributed by atoms with van der Waals surface area (Å²) in [4.78, 5) is 14.1. The predicted molar refractivity (Wildman–Crippen MR) is 340 cm³/mol. The molecule has 0 spiro atoms. The van der Waals surface area contributed by atoms with Crippen molar-refractivity contribution >= 4 is 132 Å². The number of benzene rings is 12. The number of aromatic nitrogens is 2. The molecular formula is C74H44N4O4S. The van der Waals surface area contributed by atoms with Crippen LogP contribution in [0.3, 0.4) is 0 Å². The number of anilines is 6. The van der Waals surface area contributed by atoms with Gasteiger partial charge in [-0.2, -0.15) is 0 Å². The van der Waals surface area contributed by atoms with Crippen molar-refractivity contribution in [3.63, 3.8) is 0 Å². The van der Waals surface area contributed by atoms with Gasteiger partial charge in [0.05, 0.1) is 0 Å². The van der Waals surface area contributed by atoms with Crippen molar-refractivity contribution in [2.75, 3.05) is 9.80 Å². The Balaban J connectivity index is 0.694. The number of fused-ring (bicyclic) bond motifs is 11. The second-order valence-electron chi connectivity index (χ2n) is 20.9. The quantitative estimate of drug-likeness (QED) is 0.134. The lowest BCUT2D eigenvalue weighted by atomic mass is 9.99. The van der Waals surface area contributed by atoms with E-state index in [9.17, 15) is 0 Å². The first kappa shape index (κ1) is 46.9. The normalized spacial score (nSPS) is 11.9. The van der Waals surface area contributed by atoms with Crippen molar-refractivity contribution in [2.24, 2.45) is 0 Å². The van der Waals surface area contributed by atoms with Crippen LogP contribution in [0.25, 0.3) is 131 Å². The molecule has 0 aliphatic carbocycles. The highest BCUT2D eigenvalue weighted by Gasteiger charge is 2.20. The van der Waals surface area contributed by atoms with Gasteiger partial charge in [0.15, 0.2) is 11.2 Å². The Bertz CT molecular complexity index is 4940. The monoisotopic (exact) mass is 1080 g/mol. The molecule has 0 unspecified atom stereocenters. The molecule has 83 heavy (non-hydrogen) atoms. The lowest BCUT2D eigenvalue weighted by molar-refractivity contribution is 0.619. The van der Waals surface area contributed by atoms with E-state index in [0.29, 0.717) is 11.8 Å². The Labute approximate surface area is 478 Å². The molecule has 0 fully saturated rings. The van der Waals surface area contributed by atoms with Gasteiger partial charge in [-0.3, -0.25) is 0 Å². The molecule has 390 valence electrons. The van der Waals surface area contributed by atoms with Gasteiger partial charge in [0.1, 0.15) is 33.4 Å². The van der Waals surface area contributed by atoms with Crippen molar-refractivity contribution in [3.8, 4) is 45.2 Å². The second kappa shape index (κ2) is 18.8. The molecule has 0 radical (unpaired) electrons. The maximum Gasteiger partial charge on any atom is 0.227 e. The van der Waals surface area contributed by atoms with Gasteiger partial charge in [0.25, 0.3) is 0 Å². The van der Waals surface area contributed by atoms with Gasteiger partial charge in [-0.1, -0.05) is 97.1 Å². The van der Waals surface area contributed by atoms with Gasteiger partial charge in [0.2, 0.25) is 11.8 Å². The average Bonchev–Trinajstić information content (AvgIpc) is 3.86. The minimum Gasteiger partial charge on any atom is -0.456 e. The van der Waals surface area contributed by atoms with Crippen LogP contribution in [-0.4, -0.2) is 9.97 Å². The number of hydrogen-bond acceptors (Lipinski definition) is 9. The summed E-state index contributed by atoms with van der Waals surface area (Å²) in [6, 6.07) is 93.3. The van der Waals surface area contributed by atoms with Crippen LogP contribution in [0.15, 0.2) is 285 Å². The summed E-state index contributed by atoms with van der Waals surface area (Å²) in [6.45, 7) is 0. The number of oxazole rings is 2. The first-order valence-corrected chi connectivity index (χ1v) is 28.4. The fourth-order valence-corrected chi connectivity index (χ4v) is 12.9. The molecule has 5 aromatic heterocycles. The van der Waals surface area contributed by atoms with Gasteiger partial charge in [-0.25, -0.2) is 9.97 Å².